The minimum absolute atomic E-state index is 0. The van der Waals surface area contributed by atoms with E-state index in [1.165, 1.54) is 0 Å². The number of aromatic nitrogens is 1. The van der Waals surface area contributed by atoms with Crippen LogP contribution in [0.25, 0.3) is 0 Å². The van der Waals surface area contributed by atoms with Crippen LogP contribution in [0.2, 0.25) is 0 Å². The average Bonchev–Trinajstić information content (AvgIpc) is 2.47. The summed E-state index contributed by atoms with van der Waals surface area (Å²) >= 11 is 1.82. The van der Waals surface area contributed by atoms with Crippen molar-refractivity contribution in [2.45, 2.75) is 25.1 Å². The Hall–Kier alpha value is -0.700. The molecule has 0 atom stereocenters. The fourth-order valence-electron chi connectivity index (χ4n) is 1.43. The van der Waals surface area contributed by atoms with Gasteiger partial charge in [0.25, 0.3) is 0 Å². The Morgan fingerprint density at radius 3 is 2.67 bits per heavy atom. The first kappa shape index (κ1) is 20.3. The number of rotatable bonds is 6. The molecule has 1 rings (SSSR count). The molecule has 0 bridgehead atoms. The molecule has 120 valence electrons. The number of guanidine groups is 1. The van der Waals surface area contributed by atoms with Gasteiger partial charge in [0.2, 0.25) is 5.88 Å². The zero-order chi connectivity index (χ0) is 15.0. The summed E-state index contributed by atoms with van der Waals surface area (Å²) in [6.07, 6.45) is 2.11. The van der Waals surface area contributed by atoms with E-state index in [1.54, 1.807) is 14.2 Å². The monoisotopic (exact) mass is 424 g/mol. The van der Waals surface area contributed by atoms with Crippen LogP contribution in [0.3, 0.4) is 0 Å². The van der Waals surface area contributed by atoms with Crippen LogP contribution in [0.5, 0.6) is 5.88 Å². The van der Waals surface area contributed by atoms with E-state index in [4.69, 9.17) is 4.74 Å². The summed E-state index contributed by atoms with van der Waals surface area (Å²) in [5.74, 6) is 1.40. The molecule has 0 aliphatic heterocycles. The van der Waals surface area contributed by atoms with Crippen molar-refractivity contribution in [1.29, 1.82) is 0 Å². The van der Waals surface area contributed by atoms with Crippen molar-refractivity contribution < 1.29 is 4.74 Å². The smallest absolute Gasteiger partial charge is 0.213 e. The van der Waals surface area contributed by atoms with Crippen molar-refractivity contribution >= 4 is 41.7 Å². The molecule has 0 spiro atoms. The number of nitrogens with one attached hydrogen (secondary N) is 2. The normalized spacial score (nSPS) is 11.6. The SMILES string of the molecule is CN=C(NCc1cccc(OC)n1)NCC(C)(C)SC.I. The fraction of sp³-hybridized carbons (Fsp3) is 0.571. The summed E-state index contributed by atoms with van der Waals surface area (Å²) in [7, 11) is 3.38. The van der Waals surface area contributed by atoms with Crippen LogP contribution < -0.4 is 15.4 Å². The van der Waals surface area contributed by atoms with Crippen molar-refractivity contribution in [3.05, 3.63) is 23.9 Å². The number of methoxy groups -OCH3 is 1. The number of halogens is 1. The van der Waals surface area contributed by atoms with Crippen LogP contribution in [0.1, 0.15) is 19.5 Å². The van der Waals surface area contributed by atoms with E-state index in [1.807, 2.05) is 30.0 Å². The maximum absolute atomic E-state index is 5.11. The van der Waals surface area contributed by atoms with Crippen LogP contribution in [-0.2, 0) is 6.54 Å². The van der Waals surface area contributed by atoms with Crippen LogP contribution in [0.4, 0.5) is 0 Å². The van der Waals surface area contributed by atoms with E-state index >= 15 is 0 Å². The standard InChI is InChI=1S/C14H24N4OS.HI/c1-14(2,20-5)10-17-13(15-3)16-9-11-7-6-8-12(18-11)19-4;/h6-8H,9-10H2,1-5H3,(H2,15,16,17);1H. The minimum Gasteiger partial charge on any atom is -0.481 e. The van der Waals surface area contributed by atoms with Gasteiger partial charge in [-0.15, -0.1) is 24.0 Å². The number of pyridine rings is 1. The molecule has 5 nitrogen and oxygen atoms in total. The topological polar surface area (TPSA) is 58.5 Å². The molecule has 1 aromatic rings. The Labute approximate surface area is 148 Å². The molecule has 1 heterocycles. The maximum Gasteiger partial charge on any atom is 0.213 e. The lowest BCUT2D eigenvalue weighted by atomic mass is 10.2. The van der Waals surface area contributed by atoms with E-state index in [-0.39, 0.29) is 28.7 Å². The highest BCUT2D eigenvalue weighted by Gasteiger charge is 2.16. The second-order valence-electron chi connectivity index (χ2n) is 4.91. The van der Waals surface area contributed by atoms with Crippen molar-refractivity contribution in [3.8, 4) is 5.88 Å². The van der Waals surface area contributed by atoms with Gasteiger partial charge in [-0.1, -0.05) is 6.07 Å². The van der Waals surface area contributed by atoms with Gasteiger partial charge in [0.05, 0.1) is 19.3 Å². The van der Waals surface area contributed by atoms with Gasteiger partial charge in [0.1, 0.15) is 0 Å². The molecule has 7 heteroatoms. The highest BCUT2D eigenvalue weighted by Crippen LogP contribution is 2.19. The highest BCUT2D eigenvalue weighted by molar-refractivity contribution is 14.0. The Morgan fingerprint density at radius 2 is 2.10 bits per heavy atom. The molecule has 0 aliphatic rings. The predicted octanol–water partition coefficient (Wildman–Crippen LogP) is 2.51. The largest absolute Gasteiger partial charge is 0.481 e. The average molecular weight is 424 g/mol. The van der Waals surface area contributed by atoms with Crippen molar-refractivity contribution in [1.82, 2.24) is 15.6 Å². The predicted molar refractivity (Wildman–Crippen MR) is 102 cm³/mol. The van der Waals surface area contributed by atoms with Crippen LogP contribution >= 0.6 is 35.7 Å². The number of ether oxygens (including phenoxy) is 1. The molecule has 0 radical (unpaired) electrons. The van der Waals surface area contributed by atoms with Gasteiger partial charge in [-0.05, 0) is 26.2 Å². The number of hydrogen-bond acceptors (Lipinski definition) is 4. The summed E-state index contributed by atoms with van der Waals surface area (Å²) in [5.41, 5.74) is 0.913. The molecule has 0 aromatic carbocycles. The van der Waals surface area contributed by atoms with Gasteiger partial charge in [-0.2, -0.15) is 11.8 Å². The lowest BCUT2D eigenvalue weighted by molar-refractivity contribution is 0.396. The fourth-order valence-corrected chi connectivity index (χ4v) is 1.65. The Morgan fingerprint density at radius 1 is 1.38 bits per heavy atom. The van der Waals surface area contributed by atoms with Crippen LogP contribution in [0, 0.1) is 0 Å². The number of nitrogens with zero attached hydrogens (tertiary/aromatic N) is 2. The van der Waals surface area contributed by atoms with E-state index in [0.29, 0.717) is 12.4 Å². The van der Waals surface area contributed by atoms with E-state index < -0.39 is 0 Å². The lowest BCUT2D eigenvalue weighted by Gasteiger charge is -2.23. The molecule has 0 fully saturated rings. The first-order valence-corrected chi connectivity index (χ1v) is 7.73. The second kappa shape index (κ2) is 10.1. The number of hydrogen-bond donors (Lipinski definition) is 2. The third kappa shape index (κ3) is 7.75. The Balaban J connectivity index is 0.00000400. The number of aliphatic imine (C=N–C) groups is 1. The quantitative estimate of drug-likeness (QED) is 0.418. The Kier molecular flexibility index (Phi) is 9.76. The van der Waals surface area contributed by atoms with Crippen LogP contribution in [0.15, 0.2) is 23.2 Å². The van der Waals surface area contributed by atoms with Gasteiger partial charge < -0.3 is 15.4 Å². The molecule has 0 saturated carbocycles. The maximum atomic E-state index is 5.11. The molecular formula is C14H25IN4OS. The van der Waals surface area contributed by atoms with Gasteiger partial charge >= 0.3 is 0 Å². The van der Waals surface area contributed by atoms with Crippen LogP contribution in [-0.4, -0.2) is 42.6 Å². The molecule has 0 saturated heterocycles. The van der Waals surface area contributed by atoms with Gasteiger partial charge in [-0.25, -0.2) is 4.98 Å². The molecule has 1 aromatic heterocycles. The Bertz CT molecular complexity index is 454. The summed E-state index contributed by atoms with van der Waals surface area (Å²) < 4.78 is 5.28. The minimum atomic E-state index is 0. The molecular weight excluding hydrogens is 399 g/mol. The zero-order valence-electron chi connectivity index (χ0n) is 13.3. The molecule has 0 unspecified atom stereocenters. The van der Waals surface area contributed by atoms with Gasteiger partial charge in [0, 0.05) is 24.4 Å². The van der Waals surface area contributed by atoms with E-state index in [0.717, 1.165) is 18.2 Å². The third-order valence-corrected chi connectivity index (χ3v) is 4.13. The second-order valence-corrected chi connectivity index (χ2v) is 6.43. The summed E-state index contributed by atoms with van der Waals surface area (Å²) in [5, 5.41) is 6.56. The van der Waals surface area contributed by atoms with E-state index in [2.05, 4.69) is 40.7 Å². The van der Waals surface area contributed by atoms with Gasteiger partial charge in [-0.3, -0.25) is 4.99 Å². The van der Waals surface area contributed by atoms with Gasteiger partial charge in [0.15, 0.2) is 5.96 Å². The summed E-state index contributed by atoms with van der Waals surface area (Å²) in [4.78, 5) is 8.56. The number of thioether (sulfide) groups is 1. The molecule has 2 N–H and O–H groups in total. The summed E-state index contributed by atoms with van der Waals surface area (Å²) in [6, 6.07) is 5.71. The van der Waals surface area contributed by atoms with E-state index in [9.17, 15) is 0 Å². The lowest BCUT2D eigenvalue weighted by Crippen LogP contribution is -2.43. The first-order chi connectivity index (χ1) is 9.50. The first-order valence-electron chi connectivity index (χ1n) is 6.50. The van der Waals surface area contributed by atoms with Crippen molar-refractivity contribution in [2.24, 2.45) is 4.99 Å². The molecule has 21 heavy (non-hydrogen) atoms. The zero-order valence-corrected chi connectivity index (χ0v) is 16.4. The third-order valence-electron chi connectivity index (χ3n) is 2.89. The summed E-state index contributed by atoms with van der Waals surface area (Å²) in [6.45, 7) is 5.85. The molecule has 0 aliphatic carbocycles. The molecule has 0 amide bonds. The highest BCUT2D eigenvalue weighted by atomic mass is 127. The van der Waals surface area contributed by atoms with Crippen molar-refractivity contribution in [2.75, 3.05) is 27.0 Å². The van der Waals surface area contributed by atoms with Crippen molar-refractivity contribution in [3.63, 3.8) is 0 Å².